The first kappa shape index (κ1) is 15.1. The molecule has 1 aliphatic heterocycles. The fourth-order valence-electron chi connectivity index (χ4n) is 3.73. The van der Waals surface area contributed by atoms with Gasteiger partial charge in [0, 0.05) is 13.0 Å². The molecule has 3 rings (SSSR count). The fraction of sp³-hybridized carbons (Fsp3) is 0.556. The summed E-state index contributed by atoms with van der Waals surface area (Å²) in [4.78, 5) is 26.5. The number of nitrogens with zero attached hydrogens (tertiary/aromatic N) is 1. The Bertz CT molecular complexity index is 582. The van der Waals surface area contributed by atoms with Gasteiger partial charge >= 0.3 is 0 Å². The van der Waals surface area contributed by atoms with E-state index in [0.717, 1.165) is 19.3 Å². The van der Waals surface area contributed by atoms with Gasteiger partial charge in [-0.2, -0.15) is 0 Å². The molecule has 22 heavy (non-hydrogen) atoms. The highest BCUT2D eigenvalue weighted by Gasteiger charge is 2.36. The normalized spacial score (nSPS) is 22.0. The average Bonchev–Trinajstić information content (AvgIpc) is 3.07. The van der Waals surface area contributed by atoms with E-state index < -0.39 is 0 Å². The van der Waals surface area contributed by atoms with E-state index in [-0.39, 0.29) is 29.8 Å². The van der Waals surface area contributed by atoms with Crippen LogP contribution >= 0.6 is 0 Å². The van der Waals surface area contributed by atoms with Crippen molar-refractivity contribution in [2.24, 2.45) is 5.92 Å². The smallest absolute Gasteiger partial charge is 0.243 e. The Hall–Kier alpha value is -1.84. The summed E-state index contributed by atoms with van der Waals surface area (Å²) in [5.41, 5.74) is 2.55. The summed E-state index contributed by atoms with van der Waals surface area (Å²) < 4.78 is 0. The zero-order valence-corrected chi connectivity index (χ0v) is 13.3. The Labute approximate surface area is 131 Å². The quantitative estimate of drug-likeness (QED) is 0.928. The lowest BCUT2D eigenvalue weighted by molar-refractivity contribution is -0.139. The molecular weight excluding hydrogens is 276 g/mol. The third kappa shape index (κ3) is 2.74. The molecule has 1 heterocycles. The molecule has 1 aromatic rings. The number of hydrogen-bond donors (Lipinski definition) is 1. The van der Waals surface area contributed by atoms with Gasteiger partial charge < -0.3 is 10.2 Å². The minimum absolute atomic E-state index is 0.00745. The Morgan fingerprint density at radius 3 is 2.73 bits per heavy atom. The van der Waals surface area contributed by atoms with Crippen LogP contribution < -0.4 is 5.32 Å². The maximum Gasteiger partial charge on any atom is 0.243 e. The maximum absolute atomic E-state index is 12.8. The van der Waals surface area contributed by atoms with Crippen molar-refractivity contribution < 1.29 is 9.59 Å². The second kappa shape index (κ2) is 6.11. The Kier molecular flexibility index (Phi) is 4.19. The van der Waals surface area contributed by atoms with Gasteiger partial charge in [0.1, 0.15) is 6.04 Å². The van der Waals surface area contributed by atoms with Crippen molar-refractivity contribution in [3.05, 3.63) is 35.4 Å². The standard InChI is InChI=1S/C18H24N2O2/c1-12(2)17(20-11-5-8-16(20)21)18(22)19-15-10-9-13-6-3-4-7-14(13)15/h3-4,6-7,12,15,17H,5,8-11H2,1-2H3,(H,19,22)/t15-,17+/m1/s1. The third-order valence-corrected chi connectivity index (χ3v) is 4.80. The molecule has 2 amide bonds. The zero-order chi connectivity index (χ0) is 15.7. The maximum atomic E-state index is 12.8. The van der Waals surface area contributed by atoms with Crippen molar-refractivity contribution in [1.29, 1.82) is 0 Å². The molecule has 118 valence electrons. The monoisotopic (exact) mass is 300 g/mol. The van der Waals surface area contributed by atoms with Gasteiger partial charge in [-0.05, 0) is 36.3 Å². The van der Waals surface area contributed by atoms with Gasteiger partial charge in [-0.15, -0.1) is 0 Å². The fourth-order valence-corrected chi connectivity index (χ4v) is 3.73. The van der Waals surface area contributed by atoms with Crippen LogP contribution in [-0.4, -0.2) is 29.3 Å². The predicted molar refractivity (Wildman–Crippen MR) is 85.2 cm³/mol. The number of carbonyl (C=O) groups is 2. The predicted octanol–water partition coefficient (Wildman–Crippen LogP) is 2.44. The van der Waals surface area contributed by atoms with Crippen LogP contribution in [0.2, 0.25) is 0 Å². The number of likely N-dealkylation sites (tertiary alicyclic amines) is 1. The lowest BCUT2D eigenvalue weighted by Crippen LogP contribution is -2.50. The van der Waals surface area contributed by atoms with Gasteiger partial charge in [0.15, 0.2) is 0 Å². The van der Waals surface area contributed by atoms with E-state index in [1.54, 1.807) is 4.90 Å². The van der Waals surface area contributed by atoms with Gasteiger partial charge in [0.2, 0.25) is 11.8 Å². The second-order valence-electron chi connectivity index (χ2n) is 6.68. The number of aryl methyl sites for hydroxylation is 1. The molecule has 1 N–H and O–H groups in total. The summed E-state index contributed by atoms with van der Waals surface area (Å²) in [6.07, 6.45) is 3.39. The van der Waals surface area contributed by atoms with E-state index in [0.29, 0.717) is 13.0 Å². The molecule has 0 unspecified atom stereocenters. The van der Waals surface area contributed by atoms with E-state index in [4.69, 9.17) is 0 Å². The first-order valence-corrected chi connectivity index (χ1v) is 8.25. The van der Waals surface area contributed by atoms with Crippen LogP contribution in [-0.2, 0) is 16.0 Å². The first-order valence-electron chi connectivity index (χ1n) is 8.25. The van der Waals surface area contributed by atoms with Gasteiger partial charge in [0.25, 0.3) is 0 Å². The van der Waals surface area contributed by atoms with E-state index in [1.807, 2.05) is 26.0 Å². The molecule has 2 atom stereocenters. The van der Waals surface area contributed by atoms with Gasteiger partial charge in [-0.25, -0.2) is 0 Å². The van der Waals surface area contributed by atoms with Crippen molar-refractivity contribution in [2.45, 2.75) is 51.6 Å². The minimum Gasteiger partial charge on any atom is -0.347 e. The molecule has 0 saturated carbocycles. The number of rotatable bonds is 4. The van der Waals surface area contributed by atoms with Gasteiger partial charge in [-0.3, -0.25) is 9.59 Å². The van der Waals surface area contributed by atoms with Crippen molar-refractivity contribution >= 4 is 11.8 Å². The Morgan fingerprint density at radius 1 is 1.27 bits per heavy atom. The van der Waals surface area contributed by atoms with Crippen LogP contribution in [0, 0.1) is 5.92 Å². The summed E-state index contributed by atoms with van der Waals surface area (Å²) in [6, 6.07) is 8.03. The number of benzene rings is 1. The molecular formula is C18H24N2O2. The van der Waals surface area contributed by atoms with Crippen LogP contribution in [0.4, 0.5) is 0 Å². The highest BCUT2D eigenvalue weighted by atomic mass is 16.2. The van der Waals surface area contributed by atoms with Gasteiger partial charge in [0.05, 0.1) is 6.04 Å². The first-order chi connectivity index (χ1) is 10.6. The molecule has 1 aliphatic carbocycles. The Morgan fingerprint density at radius 2 is 2.05 bits per heavy atom. The topological polar surface area (TPSA) is 49.4 Å². The molecule has 1 saturated heterocycles. The summed E-state index contributed by atoms with van der Waals surface area (Å²) in [7, 11) is 0. The van der Waals surface area contributed by atoms with Crippen LogP contribution in [0.15, 0.2) is 24.3 Å². The highest BCUT2D eigenvalue weighted by molar-refractivity contribution is 5.89. The summed E-state index contributed by atoms with van der Waals surface area (Å²) in [6.45, 7) is 4.73. The van der Waals surface area contributed by atoms with E-state index in [9.17, 15) is 9.59 Å². The summed E-state index contributed by atoms with van der Waals surface area (Å²) in [5, 5.41) is 3.18. The van der Waals surface area contributed by atoms with Crippen molar-refractivity contribution in [3.63, 3.8) is 0 Å². The third-order valence-electron chi connectivity index (χ3n) is 4.80. The molecule has 1 aromatic carbocycles. The molecule has 0 radical (unpaired) electrons. The number of hydrogen-bond acceptors (Lipinski definition) is 2. The lowest BCUT2D eigenvalue weighted by atomic mass is 10.0. The number of carbonyl (C=O) groups excluding carboxylic acids is 2. The van der Waals surface area contributed by atoms with Crippen LogP contribution in [0.5, 0.6) is 0 Å². The summed E-state index contributed by atoms with van der Waals surface area (Å²) in [5.74, 6) is 0.228. The molecule has 0 spiro atoms. The second-order valence-corrected chi connectivity index (χ2v) is 6.68. The van der Waals surface area contributed by atoms with Crippen molar-refractivity contribution in [1.82, 2.24) is 10.2 Å². The number of nitrogens with one attached hydrogen (secondary N) is 1. The number of fused-ring (bicyclic) bond motifs is 1. The van der Waals surface area contributed by atoms with E-state index in [1.165, 1.54) is 11.1 Å². The molecule has 4 nitrogen and oxygen atoms in total. The van der Waals surface area contributed by atoms with Crippen LogP contribution in [0.25, 0.3) is 0 Å². The minimum atomic E-state index is -0.345. The number of amides is 2. The molecule has 2 aliphatic rings. The summed E-state index contributed by atoms with van der Waals surface area (Å²) >= 11 is 0. The highest BCUT2D eigenvalue weighted by Crippen LogP contribution is 2.31. The van der Waals surface area contributed by atoms with E-state index >= 15 is 0 Å². The molecule has 1 fully saturated rings. The average molecular weight is 300 g/mol. The van der Waals surface area contributed by atoms with Crippen molar-refractivity contribution in [2.75, 3.05) is 6.54 Å². The lowest BCUT2D eigenvalue weighted by Gasteiger charge is -2.31. The zero-order valence-electron chi connectivity index (χ0n) is 13.3. The van der Waals surface area contributed by atoms with Gasteiger partial charge in [-0.1, -0.05) is 38.1 Å². The molecule has 4 heteroatoms. The van der Waals surface area contributed by atoms with Crippen molar-refractivity contribution in [3.8, 4) is 0 Å². The molecule has 0 bridgehead atoms. The van der Waals surface area contributed by atoms with Crippen LogP contribution in [0.1, 0.15) is 50.3 Å². The largest absolute Gasteiger partial charge is 0.347 e. The van der Waals surface area contributed by atoms with E-state index in [2.05, 4.69) is 17.4 Å². The Balaban J connectivity index is 1.74. The van der Waals surface area contributed by atoms with Crippen LogP contribution in [0.3, 0.4) is 0 Å². The molecule has 0 aromatic heterocycles. The SMILES string of the molecule is CC(C)[C@@H](C(=O)N[C@@H]1CCc2ccccc21)N1CCCC1=O.